The summed E-state index contributed by atoms with van der Waals surface area (Å²) >= 11 is 8.47. The fourth-order valence-corrected chi connectivity index (χ4v) is 121. The molecule has 0 radical (unpaired) electrons. The average molecular weight is 928 g/mol. The summed E-state index contributed by atoms with van der Waals surface area (Å²) in [5, 5.41) is 0. The molecule has 0 unspecified atom stereocenters. The Kier molecular flexibility index (Phi) is 16.0. The van der Waals surface area contributed by atoms with Gasteiger partial charge in [-0.1, -0.05) is 0 Å². The topological polar surface area (TPSA) is 0 Å². The molecule has 0 aliphatic rings. The van der Waals surface area contributed by atoms with Gasteiger partial charge in [-0.25, -0.2) is 0 Å². The average Bonchev–Trinajstić information content (AvgIpc) is 2.40. The Hall–Kier alpha value is 4.82. The van der Waals surface area contributed by atoms with Crippen LogP contribution in [0.2, 0.25) is 0 Å². The zero-order valence-corrected chi connectivity index (χ0v) is 28.8. The molecule has 0 fully saturated rings. The molecule has 0 rings (SSSR count). The predicted molar refractivity (Wildman–Crippen MR) is 124 cm³/mol. The fourth-order valence-electron chi connectivity index (χ4n) is 3.02. The van der Waals surface area contributed by atoms with Gasteiger partial charge in [0.2, 0.25) is 0 Å². The first-order valence-electron chi connectivity index (χ1n) is 7.74. The molecule has 22 heavy (non-hydrogen) atoms. The van der Waals surface area contributed by atoms with E-state index in [-0.39, 0.29) is 0 Å². The molecule has 0 saturated carbocycles. The first kappa shape index (κ1) is 26.8. The van der Waals surface area contributed by atoms with Crippen molar-refractivity contribution in [3.63, 3.8) is 0 Å². The molecular weight excluding hydrogens is 896 g/mol. The van der Waals surface area contributed by atoms with Gasteiger partial charge in [-0.05, 0) is 0 Å². The number of rotatable bonds is 11. The van der Waals surface area contributed by atoms with Gasteiger partial charge in [-0.2, -0.15) is 0 Å². The van der Waals surface area contributed by atoms with Crippen LogP contribution in [0.3, 0.4) is 0 Å². The molecule has 0 bridgehead atoms. The first-order valence-corrected chi connectivity index (χ1v) is 39.4. The maximum atomic E-state index is 2.77. The van der Waals surface area contributed by atoms with E-state index in [1.165, 1.54) is 0 Å². The summed E-state index contributed by atoms with van der Waals surface area (Å²) in [7, 11) is 0. The van der Waals surface area contributed by atoms with E-state index in [4.69, 9.17) is 0 Å². The number of hydrogen-bond donors (Lipinski definition) is 0. The predicted octanol–water partition coefficient (Wildman–Crippen LogP) is 0.602. The quantitative estimate of drug-likeness (QED) is 0.162. The van der Waals surface area contributed by atoms with E-state index in [2.05, 4.69) is 92.6 Å². The van der Waals surface area contributed by atoms with E-state index in [0.29, 0.717) is 30.0 Å². The summed E-state index contributed by atoms with van der Waals surface area (Å²) in [6.45, 7) is 20.5. The fraction of sp³-hybridized carbons (Fsp3) is 1.00. The van der Waals surface area contributed by atoms with Crippen LogP contribution in [0.4, 0.5) is 0 Å². The van der Waals surface area contributed by atoms with Gasteiger partial charge in [0.05, 0.1) is 0 Å². The molecule has 0 aromatic carbocycles. The maximum absolute atomic E-state index is 2.77. The summed E-state index contributed by atoms with van der Waals surface area (Å²) in [6.07, 6.45) is 3.30. The molecule has 0 amide bonds. The standard InChI is InChI=1S/C14H32I4P2Se2/c1-11(2)19(12(3)4,21-17-15)9-10-20(13(5)6,14(7)8)22-18-16/h11-14H,9-10H2,1-8H3. The summed E-state index contributed by atoms with van der Waals surface area (Å²) in [5.41, 5.74) is 3.91. The van der Waals surface area contributed by atoms with Crippen LogP contribution < -0.4 is 30.0 Å². The van der Waals surface area contributed by atoms with Crippen LogP contribution in [0.15, 0.2) is 0 Å². The van der Waals surface area contributed by atoms with Crippen molar-refractivity contribution in [1.82, 2.24) is 0 Å². The molecule has 0 aromatic heterocycles. The zero-order valence-electron chi connectivity index (χ0n) is 14.9. The minimum atomic E-state index is -0.688. The number of halogens is 4. The van der Waals surface area contributed by atoms with Crippen LogP contribution in [0.25, 0.3) is 0 Å². The third-order valence-electron chi connectivity index (χ3n) is 4.60. The summed E-state index contributed by atoms with van der Waals surface area (Å²) < 4.78 is 0. The zero-order chi connectivity index (χ0) is 17.6. The van der Waals surface area contributed by atoms with Gasteiger partial charge in [-0.3, -0.25) is 0 Å². The van der Waals surface area contributed by atoms with E-state index < -0.39 is 11.9 Å². The van der Waals surface area contributed by atoms with Crippen LogP contribution in [0, 0.1) is 0 Å². The van der Waals surface area contributed by atoms with Crippen LogP contribution in [-0.2, 0) is 0 Å². The van der Waals surface area contributed by atoms with Gasteiger partial charge in [0.25, 0.3) is 0 Å². The molecule has 0 heterocycles. The van der Waals surface area contributed by atoms with Crippen molar-refractivity contribution in [2.75, 3.05) is 12.3 Å². The summed E-state index contributed by atoms with van der Waals surface area (Å²) in [6, 6.07) is 0. The second-order valence-electron chi connectivity index (χ2n) is 6.79. The number of hydrogen-bond acceptors (Lipinski definition) is 0. The molecule has 0 atom stereocenters. The molecule has 0 aliphatic carbocycles. The van der Waals surface area contributed by atoms with Crippen LogP contribution >= 0.6 is 49.1 Å². The molecule has 0 aliphatic heterocycles. The van der Waals surface area contributed by atoms with E-state index in [1.807, 2.05) is 0 Å². The van der Waals surface area contributed by atoms with Crippen molar-refractivity contribution < 1.29 is 30.0 Å². The van der Waals surface area contributed by atoms with Crippen molar-refractivity contribution >= 4 is 71.7 Å². The Bertz CT molecular complexity index is 269. The molecule has 0 aromatic rings. The first-order chi connectivity index (χ1) is 10.1. The monoisotopic (exact) mass is 930 g/mol. The van der Waals surface area contributed by atoms with E-state index in [9.17, 15) is 0 Å². The van der Waals surface area contributed by atoms with E-state index >= 15 is 0 Å². The second-order valence-corrected chi connectivity index (χ2v) is 65.2. The van der Waals surface area contributed by atoms with Gasteiger partial charge < -0.3 is 0 Å². The summed E-state index contributed by atoms with van der Waals surface area (Å²) in [5.74, 6) is -1.38. The van der Waals surface area contributed by atoms with Crippen LogP contribution in [-0.4, -0.2) is 57.5 Å². The van der Waals surface area contributed by atoms with Crippen molar-refractivity contribution in [2.24, 2.45) is 0 Å². The van der Waals surface area contributed by atoms with Crippen molar-refractivity contribution in [1.29, 1.82) is 0 Å². The molecular formula is C14H32I4P2Se2. The van der Waals surface area contributed by atoms with E-state index in [0.717, 1.165) is 45.2 Å². The molecule has 0 nitrogen and oxygen atoms in total. The van der Waals surface area contributed by atoms with Gasteiger partial charge in [-0.15, -0.1) is 0 Å². The summed E-state index contributed by atoms with van der Waals surface area (Å²) in [4.78, 5) is 0. The second kappa shape index (κ2) is 13.1. The Morgan fingerprint density at radius 2 is 0.864 bits per heavy atom. The third-order valence-corrected chi connectivity index (χ3v) is 89.9. The molecule has 138 valence electrons. The van der Waals surface area contributed by atoms with Gasteiger partial charge >= 0.3 is 192 Å². The third kappa shape index (κ3) is 7.33. The Morgan fingerprint density at radius 1 is 0.636 bits per heavy atom. The van der Waals surface area contributed by atoms with Crippen LogP contribution in [0.5, 0.6) is 0 Å². The van der Waals surface area contributed by atoms with Crippen LogP contribution in [0.1, 0.15) is 55.4 Å². The SMILES string of the molecule is CC(C)[P+](CC[P+]([Se][I-]I)(C(C)C)C(C)C)([Se][I-]I)C(C)C. The normalized spacial score (nSPS) is 14.3. The van der Waals surface area contributed by atoms with Gasteiger partial charge in [0.1, 0.15) is 0 Å². The van der Waals surface area contributed by atoms with E-state index in [1.54, 1.807) is 12.3 Å². The van der Waals surface area contributed by atoms with Crippen molar-refractivity contribution in [3.8, 4) is 0 Å². The Balaban J connectivity index is 5.44. The van der Waals surface area contributed by atoms with Crippen molar-refractivity contribution in [2.45, 2.75) is 78.0 Å². The molecule has 0 saturated heterocycles. The van der Waals surface area contributed by atoms with Crippen molar-refractivity contribution in [3.05, 3.63) is 0 Å². The Labute approximate surface area is 188 Å². The Morgan fingerprint density at radius 3 is 1.00 bits per heavy atom. The molecule has 0 N–H and O–H groups in total. The molecule has 0 spiro atoms. The van der Waals surface area contributed by atoms with Gasteiger partial charge in [0, 0.05) is 0 Å². The van der Waals surface area contributed by atoms with Gasteiger partial charge in [0.15, 0.2) is 0 Å². The minimum absolute atomic E-state index is 0.466. The molecule has 8 heteroatoms.